The van der Waals surface area contributed by atoms with Gasteiger partial charge in [0.05, 0.1) is 4.90 Å². The SMILES string of the molecule is CCCCCCCCCCCCc1cc(CCCCCCCCCC)c(O)c(S(=O)(=O)[O-])c1.[Na+]. The minimum atomic E-state index is -4.68. The standard InChI is InChI=1S/C28H50O4S.Na/c1-3-5-7-9-11-13-14-15-17-19-21-25-23-26(28(29)27(24-25)33(30,31)32)22-20-18-16-12-10-8-6-4-2;/h23-24,29H,3-22H2,1-2H3,(H,30,31,32);/q;+1/p-1. The number of rotatable bonds is 21. The molecular weight excluding hydrogens is 455 g/mol. The number of hydrogen-bond donors (Lipinski definition) is 1. The van der Waals surface area contributed by atoms with Crippen molar-refractivity contribution in [1.82, 2.24) is 0 Å². The predicted molar refractivity (Wildman–Crippen MR) is 138 cm³/mol. The van der Waals surface area contributed by atoms with Crippen LogP contribution in [-0.4, -0.2) is 18.1 Å². The summed E-state index contributed by atoms with van der Waals surface area (Å²) in [5.74, 6) is -0.334. The number of hydrogen-bond acceptors (Lipinski definition) is 4. The predicted octanol–water partition coefficient (Wildman–Crippen LogP) is 5.45. The molecule has 1 aromatic rings. The van der Waals surface area contributed by atoms with Crippen molar-refractivity contribution in [1.29, 1.82) is 0 Å². The molecule has 1 aromatic carbocycles. The number of unbranched alkanes of at least 4 members (excludes halogenated alkanes) is 16. The first-order valence-corrected chi connectivity index (χ1v) is 15.1. The first-order valence-electron chi connectivity index (χ1n) is 13.7. The van der Waals surface area contributed by atoms with Gasteiger partial charge in [-0.1, -0.05) is 123 Å². The summed E-state index contributed by atoms with van der Waals surface area (Å²) in [6.45, 7) is 4.45. The molecule has 0 amide bonds. The first kappa shape index (κ1) is 33.9. The van der Waals surface area contributed by atoms with Gasteiger partial charge in [-0.05, 0) is 42.9 Å². The average Bonchev–Trinajstić information content (AvgIpc) is 2.77. The molecule has 0 radical (unpaired) electrons. The Morgan fingerprint density at radius 3 is 1.44 bits per heavy atom. The molecular formula is C28H49NaO4S. The van der Waals surface area contributed by atoms with E-state index < -0.39 is 15.0 Å². The van der Waals surface area contributed by atoms with Gasteiger partial charge in [0, 0.05) is 0 Å². The molecule has 0 saturated heterocycles. The molecule has 0 bridgehead atoms. The van der Waals surface area contributed by atoms with Crippen molar-refractivity contribution in [3.63, 3.8) is 0 Å². The molecule has 4 nitrogen and oxygen atoms in total. The van der Waals surface area contributed by atoms with Gasteiger partial charge in [0.15, 0.2) is 0 Å². The van der Waals surface area contributed by atoms with Crippen LogP contribution in [0.3, 0.4) is 0 Å². The fourth-order valence-electron chi connectivity index (χ4n) is 4.52. The second-order valence-corrected chi connectivity index (χ2v) is 11.1. The van der Waals surface area contributed by atoms with Gasteiger partial charge in [-0.15, -0.1) is 0 Å². The monoisotopic (exact) mass is 504 g/mol. The Morgan fingerprint density at radius 2 is 1.03 bits per heavy atom. The summed E-state index contributed by atoms with van der Waals surface area (Å²) >= 11 is 0. The number of aryl methyl sites for hydroxylation is 2. The third-order valence-corrected chi connectivity index (χ3v) is 7.45. The largest absolute Gasteiger partial charge is 1.00 e. The average molecular weight is 505 g/mol. The summed E-state index contributed by atoms with van der Waals surface area (Å²) < 4.78 is 35.1. The van der Waals surface area contributed by atoms with Crippen molar-refractivity contribution in [2.45, 2.75) is 147 Å². The fraction of sp³-hybridized carbons (Fsp3) is 0.786. The minimum absolute atomic E-state index is 0. The zero-order valence-corrected chi connectivity index (χ0v) is 25.2. The van der Waals surface area contributed by atoms with Crippen LogP contribution < -0.4 is 29.6 Å². The van der Waals surface area contributed by atoms with Crippen molar-refractivity contribution >= 4 is 10.1 Å². The van der Waals surface area contributed by atoms with E-state index in [4.69, 9.17) is 0 Å². The summed E-state index contributed by atoms with van der Waals surface area (Å²) in [6, 6.07) is 3.31. The number of benzene rings is 1. The smallest absolute Gasteiger partial charge is 0.744 e. The van der Waals surface area contributed by atoms with E-state index in [-0.39, 0.29) is 35.3 Å². The van der Waals surface area contributed by atoms with Crippen molar-refractivity contribution in [3.05, 3.63) is 23.3 Å². The van der Waals surface area contributed by atoms with E-state index in [0.717, 1.165) is 44.1 Å². The van der Waals surface area contributed by atoms with Gasteiger partial charge in [0.25, 0.3) is 0 Å². The van der Waals surface area contributed by atoms with E-state index >= 15 is 0 Å². The van der Waals surface area contributed by atoms with Crippen molar-refractivity contribution in [2.75, 3.05) is 0 Å². The molecule has 1 rings (SSSR count). The molecule has 34 heavy (non-hydrogen) atoms. The third-order valence-electron chi connectivity index (χ3n) is 6.60. The first-order chi connectivity index (χ1) is 15.9. The minimum Gasteiger partial charge on any atom is -0.744 e. The zero-order chi connectivity index (χ0) is 24.4. The van der Waals surface area contributed by atoms with Crippen LogP contribution in [0, 0.1) is 0 Å². The van der Waals surface area contributed by atoms with Crippen LogP contribution in [0.25, 0.3) is 0 Å². The molecule has 0 saturated carbocycles. The van der Waals surface area contributed by atoms with Crippen LogP contribution in [-0.2, 0) is 23.0 Å². The van der Waals surface area contributed by atoms with Crippen LogP contribution in [0.2, 0.25) is 0 Å². The van der Waals surface area contributed by atoms with E-state index in [1.54, 1.807) is 0 Å². The van der Waals surface area contributed by atoms with Crippen LogP contribution >= 0.6 is 0 Å². The van der Waals surface area contributed by atoms with Gasteiger partial charge >= 0.3 is 29.6 Å². The molecule has 0 fully saturated rings. The number of aromatic hydroxyl groups is 1. The van der Waals surface area contributed by atoms with E-state index in [0.29, 0.717) is 12.0 Å². The van der Waals surface area contributed by atoms with Gasteiger partial charge in [0.1, 0.15) is 15.9 Å². The Labute approximate surface area is 232 Å². The molecule has 1 N–H and O–H groups in total. The van der Waals surface area contributed by atoms with Crippen LogP contribution in [0.15, 0.2) is 17.0 Å². The zero-order valence-electron chi connectivity index (χ0n) is 22.4. The number of phenols is 1. The van der Waals surface area contributed by atoms with Crippen LogP contribution in [0.1, 0.15) is 141 Å². The van der Waals surface area contributed by atoms with Crippen molar-refractivity contribution < 1.29 is 47.6 Å². The topological polar surface area (TPSA) is 77.4 Å². The summed E-state index contributed by atoms with van der Waals surface area (Å²) in [4.78, 5) is -0.443. The van der Waals surface area contributed by atoms with E-state index in [1.165, 1.54) is 89.5 Å². The maximum Gasteiger partial charge on any atom is 1.00 e. The Balaban J connectivity index is 0.0000109. The summed E-state index contributed by atoms with van der Waals surface area (Å²) in [5, 5.41) is 10.4. The fourth-order valence-corrected chi connectivity index (χ4v) is 5.18. The quantitative estimate of drug-likeness (QED) is 0.137. The summed E-state index contributed by atoms with van der Waals surface area (Å²) in [5.41, 5.74) is 1.47. The van der Waals surface area contributed by atoms with Gasteiger partial charge in [-0.2, -0.15) is 0 Å². The van der Waals surface area contributed by atoms with Gasteiger partial charge < -0.3 is 9.66 Å². The maximum absolute atomic E-state index is 11.7. The maximum atomic E-state index is 11.7. The second-order valence-electron chi connectivity index (χ2n) is 9.71. The molecule has 0 aliphatic carbocycles. The number of phenolic OH excluding ortho intramolecular Hbond substituents is 1. The van der Waals surface area contributed by atoms with E-state index in [2.05, 4.69) is 13.8 Å². The van der Waals surface area contributed by atoms with Gasteiger partial charge in [0.2, 0.25) is 0 Å². The molecule has 0 spiro atoms. The second kappa shape index (κ2) is 21.1. The summed E-state index contributed by atoms with van der Waals surface area (Å²) in [7, 11) is -4.68. The molecule has 6 heteroatoms. The van der Waals surface area contributed by atoms with E-state index in [1.807, 2.05) is 6.07 Å². The van der Waals surface area contributed by atoms with Crippen molar-refractivity contribution in [2.24, 2.45) is 0 Å². The molecule has 0 unspecified atom stereocenters. The molecule has 192 valence electrons. The Bertz CT molecular complexity index is 734. The Morgan fingerprint density at radius 1 is 0.647 bits per heavy atom. The Kier molecular flexibility index (Phi) is 21.0. The van der Waals surface area contributed by atoms with Crippen molar-refractivity contribution in [3.8, 4) is 5.75 Å². The van der Waals surface area contributed by atoms with Gasteiger partial charge in [-0.25, -0.2) is 8.42 Å². The van der Waals surface area contributed by atoms with Crippen LogP contribution in [0.5, 0.6) is 5.75 Å². The van der Waals surface area contributed by atoms with E-state index in [9.17, 15) is 18.1 Å². The molecule has 0 aliphatic rings. The Hall–Kier alpha value is -0.0700. The molecule has 0 heterocycles. The summed E-state index contributed by atoms with van der Waals surface area (Å²) in [6.07, 6.45) is 23.3. The van der Waals surface area contributed by atoms with Crippen LogP contribution in [0.4, 0.5) is 0 Å². The molecule has 0 atom stereocenters. The normalized spacial score (nSPS) is 11.5. The van der Waals surface area contributed by atoms with Gasteiger partial charge in [-0.3, -0.25) is 0 Å². The molecule has 0 aliphatic heterocycles. The molecule has 0 aromatic heterocycles. The third kappa shape index (κ3) is 15.8.